The summed E-state index contributed by atoms with van der Waals surface area (Å²) in [5.41, 5.74) is 3.79. The molecule has 26 heavy (non-hydrogen) atoms. The van der Waals surface area contributed by atoms with E-state index in [1.54, 1.807) is 11.8 Å². The Morgan fingerprint density at radius 1 is 1.19 bits per heavy atom. The van der Waals surface area contributed by atoms with Gasteiger partial charge in [0.05, 0.1) is 24.3 Å². The fourth-order valence-electron chi connectivity index (χ4n) is 2.97. The van der Waals surface area contributed by atoms with Crippen molar-refractivity contribution in [2.75, 3.05) is 6.54 Å². The number of carbonyl (C=O) groups excluding carboxylic acids is 1. The summed E-state index contributed by atoms with van der Waals surface area (Å²) in [4.78, 5) is 18.7. The molecule has 2 aromatic heterocycles. The monoisotopic (exact) mass is 353 g/mol. The van der Waals surface area contributed by atoms with Gasteiger partial charge in [-0.05, 0) is 32.9 Å². The number of hydrogen-bond donors (Lipinski definition) is 0. The van der Waals surface area contributed by atoms with Gasteiger partial charge in [0.2, 0.25) is 11.8 Å². The minimum absolute atomic E-state index is 0.0220. The number of carbonyl (C=O) groups is 1. The Balaban J connectivity index is 1.79. The molecule has 0 bridgehead atoms. The Kier molecular flexibility index (Phi) is 5.16. The van der Waals surface area contributed by atoms with E-state index >= 15 is 0 Å². The minimum Gasteiger partial charge on any atom is -0.340 e. The van der Waals surface area contributed by atoms with Crippen LogP contribution in [0.1, 0.15) is 35.6 Å². The normalized spacial score (nSPS) is 10.9. The number of rotatable bonds is 6. The van der Waals surface area contributed by atoms with Gasteiger partial charge in [-0.2, -0.15) is 10.1 Å². The Morgan fingerprint density at radius 3 is 2.54 bits per heavy atom. The van der Waals surface area contributed by atoms with Gasteiger partial charge in [-0.15, -0.1) is 0 Å². The highest BCUT2D eigenvalue weighted by Gasteiger charge is 2.20. The van der Waals surface area contributed by atoms with Crippen LogP contribution in [-0.4, -0.2) is 37.3 Å². The average Bonchev–Trinajstić information content (AvgIpc) is 3.18. The molecule has 0 spiro atoms. The smallest absolute Gasteiger partial charge is 0.227 e. The molecule has 0 atom stereocenters. The predicted molar refractivity (Wildman–Crippen MR) is 96.9 cm³/mol. The van der Waals surface area contributed by atoms with Gasteiger partial charge in [-0.1, -0.05) is 23.4 Å². The zero-order chi connectivity index (χ0) is 18.7. The summed E-state index contributed by atoms with van der Waals surface area (Å²) in [7, 11) is 0. The van der Waals surface area contributed by atoms with Gasteiger partial charge in [-0.25, -0.2) is 4.68 Å². The standard InChI is InChI=1S/C19H23N5O2/c1-5-23(12-18-20-15(4)26-22-18)19(25)11-17-13(2)21-24(14(17)3)16-9-7-6-8-10-16/h6-10H,5,11-12H2,1-4H3. The summed E-state index contributed by atoms with van der Waals surface area (Å²) in [6.07, 6.45) is 0.301. The molecule has 0 saturated carbocycles. The van der Waals surface area contributed by atoms with E-state index < -0.39 is 0 Å². The van der Waals surface area contributed by atoms with Crippen molar-refractivity contribution < 1.29 is 9.32 Å². The van der Waals surface area contributed by atoms with Crippen molar-refractivity contribution in [2.24, 2.45) is 0 Å². The summed E-state index contributed by atoms with van der Waals surface area (Å²) < 4.78 is 6.87. The maximum absolute atomic E-state index is 12.8. The highest BCUT2D eigenvalue weighted by molar-refractivity contribution is 5.79. The van der Waals surface area contributed by atoms with Crippen LogP contribution in [0.5, 0.6) is 0 Å². The molecule has 3 rings (SSSR count). The summed E-state index contributed by atoms with van der Waals surface area (Å²) >= 11 is 0. The molecule has 0 radical (unpaired) electrons. The molecule has 0 aliphatic heterocycles. The van der Waals surface area contributed by atoms with E-state index in [9.17, 15) is 4.79 Å². The van der Waals surface area contributed by atoms with E-state index in [1.807, 2.05) is 55.8 Å². The highest BCUT2D eigenvalue weighted by Crippen LogP contribution is 2.19. The molecule has 7 heteroatoms. The minimum atomic E-state index is 0.0220. The van der Waals surface area contributed by atoms with Crippen LogP contribution in [0, 0.1) is 20.8 Å². The number of para-hydroxylation sites is 1. The van der Waals surface area contributed by atoms with Crippen LogP contribution in [0.2, 0.25) is 0 Å². The third-order valence-corrected chi connectivity index (χ3v) is 4.41. The molecular formula is C19H23N5O2. The molecule has 0 unspecified atom stereocenters. The van der Waals surface area contributed by atoms with Crippen molar-refractivity contribution >= 4 is 5.91 Å². The second-order valence-corrected chi connectivity index (χ2v) is 6.21. The van der Waals surface area contributed by atoms with E-state index in [0.717, 1.165) is 22.6 Å². The number of amides is 1. The number of aromatic nitrogens is 4. The molecule has 1 amide bonds. The molecule has 2 heterocycles. The van der Waals surface area contributed by atoms with Gasteiger partial charge in [0.15, 0.2) is 5.82 Å². The van der Waals surface area contributed by atoms with E-state index in [1.165, 1.54) is 0 Å². The van der Waals surface area contributed by atoms with Gasteiger partial charge < -0.3 is 9.42 Å². The van der Waals surface area contributed by atoms with Gasteiger partial charge in [0.25, 0.3) is 0 Å². The van der Waals surface area contributed by atoms with Crippen LogP contribution in [0.15, 0.2) is 34.9 Å². The lowest BCUT2D eigenvalue weighted by atomic mass is 10.1. The first-order valence-corrected chi connectivity index (χ1v) is 8.67. The van der Waals surface area contributed by atoms with Crippen LogP contribution in [0.25, 0.3) is 5.69 Å². The zero-order valence-corrected chi connectivity index (χ0v) is 15.6. The van der Waals surface area contributed by atoms with Crippen molar-refractivity contribution in [3.05, 3.63) is 59.0 Å². The molecule has 7 nitrogen and oxygen atoms in total. The first kappa shape index (κ1) is 17.8. The number of nitrogens with zero attached hydrogens (tertiary/aromatic N) is 5. The quantitative estimate of drug-likeness (QED) is 0.681. The molecule has 136 valence electrons. The highest BCUT2D eigenvalue weighted by atomic mass is 16.5. The van der Waals surface area contributed by atoms with Crippen LogP contribution in [0.4, 0.5) is 0 Å². The second kappa shape index (κ2) is 7.51. The number of likely N-dealkylation sites (N-methyl/N-ethyl adjacent to an activating group) is 1. The van der Waals surface area contributed by atoms with Crippen molar-refractivity contribution in [2.45, 2.75) is 40.7 Å². The van der Waals surface area contributed by atoms with Crippen molar-refractivity contribution in [3.63, 3.8) is 0 Å². The van der Waals surface area contributed by atoms with Crippen molar-refractivity contribution in [3.8, 4) is 5.69 Å². The first-order valence-electron chi connectivity index (χ1n) is 8.67. The fourth-order valence-corrected chi connectivity index (χ4v) is 2.97. The number of aryl methyl sites for hydroxylation is 2. The Hall–Kier alpha value is -2.96. The van der Waals surface area contributed by atoms with E-state index in [4.69, 9.17) is 4.52 Å². The van der Waals surface area contributed by atoms with Gasteiger partial charge in [0, 0.05) is 24.7 Å². The van der Waals surface area contributed by atoms with Crippen molar-refractivity contribution in [1.82, 2.24) is 24.8 Å². The fraction of sp³-hybridized carbons (Fsp3) is 0.368. The largest absolute Gasteiger partial charge is 0.340 e. The SMILES string of the molecule is CCN(Cc1noc(C)n1)C(=O)Cc1c(C)nn(-c2ccccc2)c1C. The molecule has 0 fully saturated rings. The van der Waals surface area contributed by atoms with Gasteiger partial charge in [-0.3, -0.25) is 4.79 Å². The number of benzene rings is 1. The van der Waals surface area contributed by atoms with Gasteiger partial charge in [0.1, 0.15) is 0 Å². The molecule has 3 aromatic rings. The topological polar surface area (TPSA) is 77.1 Å². The Bertz CT molecular complexity index is 898. The van der Waals surface area contributed by atoms with Crippen LogP contribution in [-0.2, 0) is 17.8 Å². The van der Waals surface area contributed by atoms with E-state index in [2.05, 4.69) is 15.2 Å². The van der Waals surface area contributed by atoms with Gasteiger partial charge >= 0.3 is 0 Å². The lowest BCUT2D eigenvalue weighted by Crippen LogP contribution is -2.32. The molecule has 0 saturated heterocycles. The second-order valence-electron chi connectivity index (χ2n) is 6.21. The Labute approximate surface area is 152 Å². The zero-order valence-electron chi connectivity index (χ0n) is 15.6. The lowest BCUT2D eigenvalue weighted by Gasteiger charge is -2.19. The third-order valence-electron chi connectivity index (χ3n) is 4.41. The number of hydrogen-bond acceptors (Lipinski definition) is 5. The lowest BCUT2D eigenvalue weighted by molar-refractivity contribution is -0.131. The summed E-state index contributed by atoms with van der Waals surface area (Å²) in [6, 6.07) is 9.92. The first-order chi connectivity index (χ1) is 12.5. The maximum atomic E-state index is 12.8. The molecule has 0 N–H and O–H groups in total. The third kappa shape index (κ3) is 3.66. The summed E-state index contributed by atoms with van der Waals surface area (Å²) in [5, 5.41) is 8.49. The van der Waals surface area contributed by atoms with Crippen LogP contribution >= 0.6 is 0 Å². The van der Waals surface area contributed by atoms with Crippen LogP contribution < -0.4 is 0 Å². The molecule has 0 aliphatic rings. The van der Waals surface area contributed by atoms with Crippen molar-refractivity contribution in [1.29, 1.82) is 0 Å². The summed E-state index contributed by atoms with van der Waals surface area (Å²) in [5.74, 6) is 1.04. The van der Waals surface area contributed by atoms with Crippen LogP contribution in [0.3, 0.4) is 0 Å². The van der Waals surface area contributed by atoms with E-state index in [-0.39, 0.29) is 5.91 Å². The molecule has 0 aliphatic carbocycles. The average molecular weight is 353 g/mol. The predicted octanol–water partition coefficient (Wildman–Crippen LogP) is 2.77. The summed E-state index contributed by atoms with van der Waals surface area (Å²) in [6.45, 7) is 8.54. The molecule has 1 aromatic carbocycles. The molecular weight excluding hydrogens is 330 g/mol. The van der Waals surface area contributed by atoms with E-state index in [0.29, 0.717) is 31.2 Å². The Morgan fingerprint density at radius 2 is 1.92 bits per heavy atom. The maximum Gasteiger partial charge on any atom is 0.227 e.